The zero-order valence-electron chi connectivity index (χ0n) is 33.0. The van der Waals surface area contributed by atoms with Crippen LogP contribution >= 0.6 is 0 Å². The lowest BCUT2D eigenvalue weighted by atomic mass is 10.0. The first-order valence-electron chi connectivity index (χ1n) is 20.0. The van der Waals surface area contributed by atoms with Crippen LogP contribution in [0.25, 0.3) is 0 Å². The van der Waals surface area contributed by atoms with Crippen LogP contribution in [0.4, 0.5) is 28.8 Å². The molecule has 6 N–H and O–H groups in total. The number of imide groups is 1. The smallest absolute Gasteiger partial charge is 0.255 e. The molecule has 0 spiro atoms. The van der Waals surface area contributed by atoms with Crippen LogP contribution in [0.15, 0.2) is 42.6 Å². The van der Waals surface area contributed by atoms with Gasteiger partial charge in [-0.2, -0.15) is 4.98 Å². The lowest BCUT2D eigenvalue weighted by Gasteiger charge is -2.43. The van der Waals surface area contributed by atoms with Crippen molar-refractivity contribution in [1.29, 1.82) is 0 Å². The van der Waals surface area contributed by atoms with Crippen molar-refractivity contribution in [2.24, 2.45) is 5.73 Å². The molecule has 2 fully saturated rings. The normalized spacial score (nSPS) is 19.8. The van der Waals surface area contributed by atoms with Crippen molar-refractivity contribution in [2.75, 3.05) is 41.1 Å². The fourth-order valence-corrected chi connectivity index (χ4v) is 8.35. The Hall–Kier alpha value is -6.10. The van der Waals surface area contributed by atoms with Gasteiger partial charge in [0.2, 0.25) is 29.6 Å². The number of piperidine rings is 1. The summed E-state index contributed by atoms with van der Waals surface area (Å²) < 4.78 is 5.63. The quantitative estimate of drug-likeness (QED) is 0.117. The molecule has 4 aliphatic rings. The van der Waals surface area contributed by atoms with Crippen molar-refractivity contribution >= 4 is 64.3 Å². The van der Waals surface area contributed by atoms with Gasteiger partial charge in [0.15, 0.2) is 5.82 Å². The fraction of sp³-hybridized carbons (Fsp3) is 0.463. The van der Waals surface area contributed by atoms with E-state index >= 15 is 0 Å². The summed E-state index contributed by atoms with van der Waals surface area (Å²) in [5.74, 6) is -0.355. The van der Waals surface area contributed by atoms with Crippen LogP contribution in [-0.2, 0) is 25.7 Å². The third kappa shape index (κ3) is 8.03. The highest BCUT2D eigenvalue weighted by Gasteiger charge is 2.42. The molecule has 4 heterocycles. The van der Waals surface area contributed by atoms with Crippen LogP contribution in [0, 0.1) is 0 Å². The molecule has 17 nitrogen and oxygen atoms in total. The average Bonchev–Trinajstić information content (AvgIpc) is 3.87. The maximum absolute atomic E-state index is 13.3. The van der Waals surface area contributed by atoms with Crippen molar-refractivity contribution < 1.29 is 33.5 Å². The number of likely N-dealkylation sites (N-methyl/N-ethyl adjacent to an activating group) is 1. The minimum atomic E-state index is -0.833. The van der Waals surface area contributed by atoms with Crippen molar-refractivity contribution in [1.82, 2.24) is 25.5 Å². The molecule has 1 saturated carbocycles. The molecular formula is C41H50N10O7. The molecule has 1 aliphatic carbocycles. The van der Waals surface area contributed by atoms with Crippen LogP contribution in [0.5, 0.6) is 5.75 Å². The molecule has 1 saturated heterocycles. The number of carbonyl (C=O) groups is 6. The third-order valence-electron chi connectivity index (χ3n) is 11.5. The van der Waals surface area contributed by atoms with E-state index in [1.807, 2.05) is 6.92 Å². The van der Waals surface area contributed by atoms with Crippen molar-refractivity contribution in [3.8, 4) is 5.75 Å². The molecule has 0 radical (unpaired) electrons. The number of nitrogens with zero attached hydrogens (tertiary/aromatic N) is 5. The number of methoxy groups -OCH3 is 1. The number of hydrogen-bond acceptors (Lipinski definition) is 12. The highest BCUT2D eigenvalue weighted by atomic mass is 16.5. The van der Waals surface area contributed by atoms with Gasteiger partial charge in [0.25, 0.3) is 11.8 Å². The highest BCUT2D eigenvalue weighted by Crippen LogP contribution is 2.40. The molecule has 7 rings (SSSR count). The number of unbranched alkanes of at least 4 members (excludes halogenated alkanes) is 1. The number of anilines is 5. The van der Waals surface area contributed by atoms with E-state index in [2.05, 4.69) is 31.2 Å². The number of nitrogens with one attached hydrogen (secondary N) is 4. The zero-order valence-corrected chi connectivity index (χ0v) is 33.0. The summed E-state index contributed by atoms with van der Waals surface area (Å²) >= 11 is 0. The Morgan fingerprint density at radius 2 is 1.84 bits per heavy atom. The molecule has 6 amide bonds. The van der Waals surface area contributed by atoms with Gasteiger partial charge in [0, 0.05) is 55.0 Å². The van der Waals surface area contributed by atoms with Crippen molar-refractivity contribution in [3.05, 3.63) is 59.3 Å². The van der Waals surface area contributed by atoms with Gasteiger partial charge >= 0.3 is 0 Å². The number of hydrogen-bond donors (Lipinski definition) is 5. The summed E-state index contributed by atoms with van der Waals surface area (Å²) in [6.07, 6.45) is 8.51. The maximum Gasteiger partial charge on any atom is 0.255 e. The Balaban J connectivity index is 0.900. The number of fused-ring (bicyclic) bond motifs is 2. The molecule has 1 aromatic heterocycles. The number of rotatable bonds is 14. The molecule has 1 unspecified atom stereocenters. The van der Waals surface area contributed by atoms with Crippen LogP contribution in [0.1, 0.15) is 97.4 Å². The summed E-state index contributed by atoms with van der Waals surface area (Å²) in [6, 6.07) is 8.41. The number of benzene rings is 2. The number of nitrogens with two attached hydrogens (primary N) is 1. The molecule has 0 bridgehead atoms. The van der Waals surface area contributed by atoms with Crippen LogP contribution in [0.2, 0.25) is 0 Å². The van der Waals surface area contributed by atoms with Gasteiger partial charge in [0.1, 0.15) is 23.5 Å². The van der Waals surface area contributed by atoms with Gasteiger partial charge in [-0.25, -0.2) is 4.98 Å². The van der Waals surface area contributed by atoms with E-state index in [0.717, 1.165) is 31.5 Å². The van der Waals surface area contributed by atoms with Gasteiger partial charge in [0.05, 0.1) is 25.0 Å². The monoisotopic (exact) mass is 794 g/mol. The molecule has 3 aromatic rings. The zero-order chi connectivity index (χ0) is 41.1. The van der Waals surface area contributed by atoms with Gasteiger partial charge in [-0.05, 0) is 75.3 Å². The Kier molecular flexibility index (Phi) is 11.9. The first-order valence-corrected chi connectivity index (χ1v) is 20.0. The van der Waals surface area contributed by atoms with E-state index in [9.17, 15) is 28.8 Å². The second-order valence-electron chi connectivity index (χ2n) is 15.2. The van der Waals surface area contributed by atoms with Crippen LogP contribution in [0.3, 0.4) is 0 Å². The van der Waals surface area contributed by atoms with Crippen LogP contribution in [-0.4, -0.2) is 95.2 Å². The number of ether oxygens (including phenoxy) is 1. The molecule has 17 heteroatoms. The predicted molar refractivity (Wildman–Crippen MR) is 216 cm³/mol. The lowest BCUT2D eigenvalue weighted by molar-refractivity contribution is -0.137. The van der Waals surface area contributed by atoms with E-state index in [1.54, 1.807) is 54.5 Å². The SMILES string of the molecule is CC[C@@H]1C(=O)N(C)c2cnc(Nc3ccc(C(=O)NCCCC[C@@H](N)C(=O)Nc4cccc5c4CN(C4CCC(=O)NC4=O)C5=O)cc3OC)nc2N1C1CCCC1. The van der Waals surface area contributed by atoms with Gasteiger partial charge in [-0.15, -0.1) is 0 Å². The standard InChI is InChI=1S/C41H50N10O7/c1-4-30-40(57)49(2)32-21-44-41(48-35(32)51(30)24-10-5-6-11-24)46-29-16-15-23(20-33(29)58-3)36(53)43-19-8-7-13-27(42)37(54)45-28-14-9-12-25-26(28)22-50(39(25)56)31-17-18-34(52)47-38(31)55/h9,12,14-16,20-21,24,27,30-31H,4-8,10-11,13,17-19,22,42H2,1-3H3,(H,43,53)(H,45,54)(H,44,46,48)(H,47,52,55)/t27-,30-,31?/m1/s1. The average molecular weight is 795 g/mol. The Morgan fingerprint density at radius 3 is 2.59 bits per heavy atom. The summed E-state index contributed by atoms with van der Waals surface area (Å²) in [5.41, 5.74) is 9.31. The van der Waals surface area contributed by atoms with E-state index in [4.69, 9.17) is 15.5 Å². The lowest BCUT2D eigenvalue weighted by Crippen LogP contribution is -2.55. The molecule has 3 aliphatic heterocycles. The predicted octanol–water partition coefficient (Wildman–Crippen LogP) is 3.36. The second-order valence-corrected chi connectivity index (χ2v) is 15.2. The Morgan fingerprint density at radius 1 is 1.05 bits per heavy atom. The summed E-state index contributed by atoms with van der Waals surface area (Å²) in [6.45, 7) is 2.51. The number of amides is 6. The first-order chi connectivity index (χ1) is 28.0. The van der Waals surface area contributed by atoms with Crippen LogP contribution < -0.4 is 41.5 Å². The Labute approximate surface area is 336 Å². The molecular weight excluding hydrogens is 745 g/mol. The fourth-order valence-electron chi connectivity index (χ4n) is 8.35. The number of carbonyl (C=O) groups excluding carboxylic acids is 6. The maximum atomic E-state index is 13.3. The van der Waals surface area contributed by atoms with E-state index in [-0.39, 0.29) is 55.1 Å². The molecule has 306 valence electrons. The van der Waals surface area contributed by atoms with Crippen molar-refractivity contribution in [3.63, 3.8) is 0 Å². The van der Waals surface area contributed by atoms with Gasteiger partial charge in [-0.1, -0.05) is 25.8 Å². The van der Waals surface area contributed by atoms with Crippen molar-refractivity contribution in [2.45, 2.75) is 102 Å². The number of aromatic nitrogens is 2. The van der Waals surface area contributed by atoms with E-state index in [1.165, 1.54) is 12.0 Å². The molecule has 58 heavy (non-hydrogen) atoms. The second kappa shape index (κ2) is 17.2. The Bertz CT molecular complexity index is 2120. The molecule has 3 atom stereocenters. The third-order valence-corrected chi connectivity index (χ3v) is 11.5. The van der Waals surface area contributed by atoms with Gasteiger partial charge < -0.3 is 41.1 Å². The molecule has 2 aromatic carbocycles. The largest absolute Gasteiger partial charge is 0.495 e. The summed E-state index contributed by atoms with van der Waals surface area (Å²) in [4.78, 5) is 91.3. The first kappa shape index (κ1) is 40.1. The van der Waals surface area contributed by atoms with E-state index in [0.29, 0.717) is 77.7 Å². The van der Waals surface area contributed by atoms with Gasteiger partial charge in [-0.3, -0.25) is 34.1 Å². The minimum Gasteiger partial charge on any atom is -0.495 e. The van der Waals surface area contributed by atoms with E-state index < -0.39 is 23.9 Å². The summed E-state index contributed by atoms with van der Waals surface area (Å²) in [5, 5.41) is 11.3. The topological polar surface area (TPSA) is 221 Å². The minimum absolute atomic E-state index is 0.0450. The summed E-state index contributed by atoms with van der Waals surface area (Å²) in [7, 11) is 3.28. The highest BCUT2D eigenvalue weighted by molar-refractivity contribution is 6.07.